The molecule has 0 radical (unpaired) electrons. The minimum absolute atomic E-state index is 0.312. The Morgan fingerprint density at radius 3 is 2.58 bits per heavy atom. The van der Waals surface area contributed by atoms with Crippen LogP contribution in [0.25, 0.3) is 0 Å². The summed E-state index contributed by atoms with van der Waals surface area (Å²) in [5, 5.41) is 0. The molecule has 0 saturated carbocycles. The molecule has 3 aliphatic rings. The van der Waals surface area contributed by atoms with Crippen molar-refractivity contribution < 1.29 is 4.74 Å². The second-order valence-corrected chi connectivity index (χ2v) is 7.30. The standard InChI is InChI=1S/C14H27N3OS/c15-12-14(2-9-19-10-3-14)17-4-1-13(11-17)16-5-7-18-8-6-16/h13H,1-12,15H2. The Balaban J connectivity index is 1.60. The van der Waals surface area contributed by atoms with Gasteiger partial charge in [-0.3, -0.25) is 9.80 Å². The van der Waals surface area contributed by atoms with Gasteiger partial charge in [-0.2, -0.15) is 11.8 Å². The molecule has 3 fully saturated rings. The maximum atomic E-state index is 6.16. The van der Waals surface area contributed by atoms with Crippen LogP contribution in [0.1, 0.15) is 19.3 Å². The van der Waals surface area contributed by atoms with Crippen LogP contribution in [0.4, 0.5) is 0 Å². The molecular formula is C14H27N3OS. The summed E-state index contributed by atoms with van der Waals surface area (Å²) in [6.07, 6.45) is 3.88. The number of thioether (sulfide) groups is 1. The Hall–Kier alpha value is 0.190. The van der Waals surface area contributed by atoms with Gasteiger partial charge in [0.1, 0.15) is 0 Å². The molecule has 0 bridgehead atoms. The predicted octanol–water partition coefficient (Wildman–Crippen LogP) is 0.617. The molecule has 0 aromatic rings. The van der Waals surface area contributed by atoms with E-state index in [1.807, 2.05) is 0 Å². The SMILES string of the molecule is NCC1(N2CCC(N3CCOCC3)C2)CCSCC1. The van der Waals surface area contributed by atoms with Gasteiger partial charge in [0.05, 0.1) is 13.2 Å². The lowest BCUT2D eigenvalue weighted by atomic mass is 9.90. The average molecular weight is 285 g/mol. The maximum Gasteiger partial charge on any atom is 0.0594 e. The lowest BCUT2D eigenvalue weighted by Crippen LogP contribution is -2.56. The topological polar surface area (TPSA) is 41.7 Å². The van der Waals surface area contributed by atoms with Crippen LogP contribution in [-0.2, 0) is 4.74 Å². The van der Waals surface area contributed by atoms with Crippen molar-refractivity contribution in [1.82, 2.24) is 9.80 Å². The van der Waals surface area contributed by atoms with Crippen molar-refractivity contribution in [3.63, 3.8) is 0 Å². The van der Waals surface area contributed by atoms with Crippen LogP contribution < -0.4 is 5.73 Å². The van der Waals surface area contributed by atoms with E-state index in [1.165, 1.54) is 43.9 Å². The third-order valence-corrected chi connectivity index (χ3v) is 6.19. The second kappa shape index (κ2) is 6.31. The number of nitrogens with zero attached hydrogens (tertiary/aromatic N) is 2. The van der Waals surface area contributed by atoms with Crippen LogP contribution in [0.15, 0.2) is 0 Å². The number of nitrogens with two attached hydrogens (primary N) is 1. The summed E-state index contributed by atoms with van der Waals surface area (Å²) < 4.78 is 5.47. The predicted molar refractivity (Wildman–Crippen MR) is 80.7 cm³/mol. The first-order chi connectivity index (χ1) is 9.34. The van der Waals surface area contributed by atoms with E-state index in [1.54, 1.807) is 0 Å². The molecule has 19 heavy (non-hydrogen) atoms. The number of rotatable bonds is 3. The Morgan fingerprint density at radius 2 is 1.89 bits per heavy atom. The average Bonchev–Trinajstić information content (AvgIpc) is 2.99. The van der Waals surface area contributed by atoms with E-state index in [2.05, 4.69) is 21.6 Å². The van der Waals surface area contributed by atoms with Gasteiger partial charge >= 0.3 is 0 Å². The van der Waals surface area contributed by atoms with Crippen molar-refractivity contribution in [1.29, 1.82) is 0 Å². The molecule has 0 aromatic heterocycles. The highest BCUT2D eigenvalue weighted by atomic mass is 32.2. The zero-order valence-electron chi connectivity index (χ0n) is 11.9. The van der Waals surface area contributed by atoms with Gasteiger partial charge in [-0.1, -0.05) is 0 Å². The van der Waals surface area contributed by atoms with Crippen LogP contribution in [0.3, 0.4) is 0 Å². The third-order valence-electron chi connectivity index (χ3n) is 5.20. The summed E-state index contributed by atoms with van der Waals surface area (Å²) in [5.41, 5.74) is 6.47. The van der Waals surface area contributed by atoms with Gasteiger partial charge in [0.15, 0.2) is 0 Å². The normalized spacial score (nSPS) is 33.6. The zero-order chi connectivity index (χ0) is 13.1. The Kier molecular flexibility index (Phi) is 4.70. The lowest BCUT2D eigenvalue weighted by Gasteiger charge is -2.44. The lowest BCUT2D eigenvalue weighted by molar-refractivity contribution is 0.0142. The summed E-state index contributed by atoms with van der Waals surface area (Å²) in [7, 11) is 0. The quantitative estimate of drug-likeness (QED) is 0.823. The molecule has 3 aliphatic heterocycles. The van der Waals surface area contributed by atoms with Crippen LogP contribution in [0.2, 0.25) is 0 Å². The van der Waals surface area contributed by atoms with Crippen molar-refractivity contribution in [2.45, 2.75) is 30.8 Å². The van der Waals surface area contributed by atoms with E-state index < -0.39 is 0 Å². The van der Waals surface area contributed by atoms with E-state index in [0.29, 0.717) is 5.54 Å². The van der Waals surface area contributed by atoms with E-state index in [4.69, 9.17) is 10.5 Å². The molecule has 3 heterocycles. The molecular weight excluding hydrogens is 258 g/mol. The third kappa shape index (κ3) is 2.95. The highest BCUT2D eigenvalue weighted by molar-refractivity contribution is 7.99. The van der Waals surface area contributed by atoms with E-state index >= 15 is 0 Å². The number of hydrogen-bond acceptors (Lipinski definition) is 5. The fraction of sp³-hybridized carbons (Fsp3) is 1.00. The maximum absolute atomic E-state index is 6.16. The highest BCUT2D eigenvalue weighted by Crippen LogP contribution is 2.35. The molecule has 3 rings (SSSR count). The first kappa shape index (κ1) is 14.1. The van der Waals surface area contributed by atoms with Gasteiger partial charge in [-0.05, 0) is 30.8 Å². The molecule has 0 amide bonds. The van der Waals surface area contributed by atoms with Gasteiger partial charge < -0.3 is 10.5 Å². The number of likely N-dealkylation sites (tertiary alicyclic amines) is 1. The van der Waals surface area contributed by atoms with Crippen LogP contribution >= 0.6 is 11.8 Å². The highest BCUT2D eigenvalue weighted by Gasteiger charge is 2.41. The summed E-state index contributed by atoms with van der Waals surface area (Å²) in [4.78, 5) is 5.35. The van der Waals surface area contributed by atoms with Crippen molar-refractivity contribution in [2.75, 3.05) is 57.4 Å². The number of morpholine rings is 1. The molecule has 0 spiro atoms. The Morgan fingerprint density at radius 1 is 1.16 bits per heavy atom. The Bertz CT molecular complexity index is 290. The molecule has 0 aromatic carbocycles. The fourth-order valence-electron chi connectivity index (χ4n) is 3.81. The van der Waals surface area contributed by atoms with Gasteiger partial charge in [0.2, 0.25) is 0 Å². The van der Waals surface area contributed by atoms with Crippen LogP contribution in [0.5, 0.6) is 0 Å². The van der Waals surface area contributed by atoms with Gasteiger partial charge in [-0.25, -0.2) is 0 Å². The largest absolute Gasteiger partial charge is 0.379 e. The van der Waals surface area contributed by atoms with Gasteiger partial charge in [0, 0.05) is 44.3 Å². The van der Waals surface area contributed by atoms with E-state index in [-0.39, 0.29) is 0 Å². The van der Waals surface area contributed by atoms with Gasteiger partial charge in [0.25, 0.3) is 0 Å². The summed E-state index contributed by atoms with van der Waals surface area (Å²) in [6, 6.07) is 0.738. The zero-order valence-corrected chi connectivity index (χ0v) is 12.7. The summed E-state index contributed by atoms with van der Waals surface area (Å²) in [6.45, 7) is 7.35. The molecule has 110 valence electrons. The first-order valence-corrected chi connectivity index (χ1v) is 8.84. The molecule has 1 unspecified atom stereocenters. The first-order valence-electron chi connectivity index (χ1n) is 7.69. The molecule has 4 nitrogen and oxygen atoms in total. The van der Waals surface area contributed by atoms with Crippen molar-refractivity contribution >= 4 is 11.8 Å². The second-order valence-electron chi connectivity index (χ2n) is 6.08. The van der Waals surface area contributed by atoms with Crippen LogP contribution in [0, 0.1) is 0 Å². The molecule has 5 heteroatoms. The molecule has 1 atom stereocenters. The van der Waals surface area contributed by atoms with Crippen molar-refractivity contribution in [3.05, 3.63) is 0 Å². The van der Waals surface area contributed by atoms with Gasteiger partial charge in [-0.15, -0.1) is 0 Å². The smallest absolute Gasteiger partial charge is 0.0594 e. The van der Waals surface area contributed by atoms with E-state index in [9.17, 15) is 0 Å². The van der Waals surface area contributed by atoms with Crippen molar-refractivity contribution in [3.8, 4) is 0 Å². The molecule has 0 aliphatic carbocycles. The number of ether oxygens (including phenoxy) is 1. The van der Waals surface area contributed by atoms with E-state index in [0.717, 1.165) is 38.9 Å². The van der Waals surface area contributed by atoms with Crippen LogP contribution in [-0.4, -0.2) is 78.8 Å². The minimum atomic E-state index is 0.312. The molecule has 2 N–H and O–H groups in total. The monoisotopic (exact) mass is 285 g/mol. The number of hydrogen-bond donors (Lipinski definition) is 1. The minimum Gasteiger partial charge on any atom is -0.379 e. The Labute approximate surface area is 121 Å². The summed E-state index contributed by atoms with van der Waals surface area (Å²) >= 11 is 2.09. The fourth-order valence-corrected chi connectivity index (χ4v) is 5.07. The van der Waals surface area contributed by atoms with Crippen molar-refractivity contribution in [2.24, 2.45) is 5.73 Å². The molecule has 3 saturated heterocycles. The summed E-state index contributed by atoms with van der Waals surface area (Å²) in [5.74, 6) is 2.58.